The van der Waals surface area contributed by atoms with Crippen LogP contribution < -0.4 is 14.5 Å². The van der Waals surface area contributed by atoms with E-state index < -0.39 is 11.3 Å². The van der Waals surface area contributed by atoms with E-state index in [9.17, 15) is 8.76 Å². The molecule has 0 radical (unpaired) electrons. The molecule has 1 unspecified atom stereocenters. The van der Waals surface area contributed by atoms with Gasteiger partial charge in [-0.2, -0.15) is 0 Å². The molecule has 0 amide bonds. The number of nitrogens with zero attached hydrogens (tertiary/aromatic N) is 5. The molecule has 4 aromatic rings. The Labute approximate surface area is 207 Å². The van der Waals surface area contributed by atoms with Crippen molar-refractivity contribution in [2.75, 3.05) is 54.8 Å². The van der Waals surface area contributed by atoms with Crippen LogP contribution >= 0.6 is 0 Å². The number of anilines is 4. The number of hydrogen-bond acceptors (Lipinski definition) is 7. The zero-order chi connectivity index (χ0) is 24.4. The van der Waals surface area contributed by atoms with Gasteiger partial charge in [0.1, 0.15) is 0 Å². The van der Waals surface area contributed by atoms with Crippen molar-refractivity contribution in [3.8, 4) is 11.1 Å². The average Bonchev–Trinajstić information content (AvgIpc) is 2.89. The SMILES string of the molecule is CN1CCN(c2ccc(-c3cccc4cnc(Nc5ccc(N(C)S(=O)[O-])cc5)nc34)cc2)CC1. The maximum atomic E-state index is 11.1. The van der Waals surface area contributed by atoms with Crippen LogP contribution in [0, 0.1) is 0 Å². The molecule has 0 saturated carbocycles. The fraction of sp³-hybridized carbons (Fsp3) is 0.231. The summed E-state index contributed by atoms with van der Waals surface area (Å²) in [4.78, 5) is 14.0. The van der Waals surface area contributed by atoms with Crippen LogP contribution in [0.1, 0.15) is 0 Å². The lowest BCUT2D eigenvalue weighted by Gasteiger charge is -2.34. The zero-order valence-corrected chi connectivity index (χ0v) is 20.5. The summed E-state index contributed by atoms with van der Waals surface area (Å²) in [6.07, 6.45) is 1.81. The van der Waals surface area contributed by atoms with Gasteiger partial charge in [-0.15, -0.1) is 0 Å². The number of nitrogens with one attached hydrogen (secondary N) is 1. The molecule has 1 aliphatic rings. The van der Waals surface area contributed by atoms with Crippen LogP contribution in [0.4, 0.5) is 23.0 Å². The first-order valence-electron chi connectivity index (χ1n) is 11.5. The molecule has 35 heavy (non-hydrogen) atoms. The minimum atomic E-state index is -2.31. The van der Waals surface area contributed by atoms with Crippen LogP contribution in [-0.4, -0.2) is 63.9 Å². The second kappa shape index (κ2) is 9.99. The number of rotatable bonds is 6. The van der Waals surface area contributed by atoms with Crippen LogP contribution in [0.5, 0.6) is 0 Å². The van der Waals surface area contributed by atoms with Gasteiger partial charge in [0, 0.05) is 78.7 Å². The van der Waals surface area contributed by atoms with E-state index in [0.717, 1.165) is 58.2 Å². The van der Waals surface area contributed by atoms with Gasteiger partial charge in [0.15, 0.2) is 0 Å². The van der Waals surface area contributed by atoms with Gasteiger partial charge in [-0.05, 0) is 49.0 Å². The third-order valence-corrected chi connectivity index (χ3v) is 7.03. The van der Waals surface area contributed by atoms with Gasteiger partial charge in [-0.1, -0.05) is 30.3 Å². The normalized spacial score (nSPS) is 15.2. The number of aromatic nitrogens is 2. The molecule has 1 saturated heterocycles. The van der Waals surface area contributed by atoms with E-state index in [1.807, 2.05) is 18.3 Å². The number of para-hydroxylation sites is 1. The molecule has 9 heteroatoms. The second-order valence-electron chi connectivity index (χ2n) is 8.66. The van der Waals surface area contributed by atoms with E-state index in [4.69, 9.17) is 4.98 Å². The van der Waals surface area contributed by atoms with Gasteiger partial charge in [-0.25, -0.2) is 9.97 Å². The molecule has 0 aliphatic carbocycles. The maximum Gasteiger partial charge on any atom is 0.227 e. The number of likely N-dealkylation sites (N-methyl/N-ethyl adjacent to an activating group) is 1. The van der Waals surface area contributed by atoms with Crippen molar-refractivity contribution in [1.82, 2.24) is 14.9 Å². The molecule has 3 aromatic carbocycles. The van der Waals surface area contributed by atoms with E-state index in [1.54, 1.807) is 24.3 Å². The lowest BCUT2D eigenvalue weighted by Crippen LogP contribution is -2.44. The lowest BCUT2D eigenvalue weighted by molar-refractivity contribution is 0.313. The molecular weight excluding hydrogens is 460 g/mol. The van der Waals surface area contributed by atoms with E-state index in [2.05, 4.69) is 57.5 Å². The standard InChI is InChI=1S/C26H28N6O2S/c1-30-14-16-32(17-15-30)23-10-6-19(7-11-23)24-5-3-4-20-18-27-26(29-25(20)24)28-21-8-12-22(13-9-21)31(2)35(33)34/h3-13,18H,14-17H2,1-2H3,(H,33,34)(H,27,28,29)/p-1. The van der Waals surface area contributed by atoms with Gasteiger partial charge in [0.2, 0.25) is 5.95 Å². The van der Waals surface area contributed by atoms with E-state index in [-0.39, 0.29) is 0 Å². The molecule has 5 rings (SSSR count). The monoisotopic (exact) mass is 487 g/mol. The summed E-state index contributed by atoms with van der Waals surface area (Å²) >= 11 is -2.31. The Morgan fingerprint density at radius 3 is 2.37 bits per heavy atom. The van der Waals surface area contributed by atoms with E-state index >= 15 is 0 Å². The number of benzene rings is 3. The van der Waals surface area contributed by atoms with Gasteiger partial charge in [0.25, 0.3) is 0 Å². The zero-order valence-electron chi connectivity index (χ0n) is 19.7. The van der Waals surface area contributed by atoms with Crippen molar-refractivity contribution in [3.63, 3.8) is 0 Å². The van der Waals surface area contributed by atoms with Gasteiger partial charge >= 0.3 is 0 Å². The molecular formula is C26H27N6O2S-. The summed E-state index contributed by atoms with van der Waals surface area (Å²) in [6.45, 7) is 4.24. The molecule has 1 aliphatic heterocycles. The highest BCUT2D eigenvalue weighted by molar-refractivity contribution is 7.80. The summed E-state index contributed by atoms with van der Waals surface area (Å²) in [5, 5.41) is 4.18. The molecule has 2 heterocycles. The van der Waals surface area contributed by atoms with Gasteiger partial charge in [-0.3, -0.25) is 4.21 Å². The van der Waals surface area contributed by atoms with Crippen LogP contribution in [0.25, 0.3) is 22.0 Å². The van der Waals surface area contributed by atoms with Crippen molar-refractivity contribution in [3.05, 3.63) is 72.9 Å². The van der Waals surface area contributed by atoms with Gasteiger partial charge in [0.05, 0.1) is 5.52 Å². The molecule has 0 bridgehead atoms. The molecule has 0 spiro atoms. The average molecular weight is 488 g/mol. The third-order valence-electron chi connectivity index (χ3n) is 6.37. The largest absolute Gasteiger partial charge is 0.755 e. The van der Waals surface area contributed by atoms with Crippen molar-refractivity contribution in [2.45, 2.75) is 0 Å². The molecule has 8 nitrogen and oxygen atoms in total. The molecule has 1 aromatic heterocycles. The highest BCUT2D eigenvalue weighted by atomic mass is 32.2. The highest BCUT2D eigenvalue weighted by Crippen LogP contribution is 2.30. The van der Waals surface area contributed by atoms with E-state index in [0.29, 0.717) is 11.6 Å². The van der Waals surface area contributed by atoms with Crippen LogP contribution in [-0.2, 0) is 11.3 Å². The minimum absolute atomic E-state index is 0.479. The topological polar surface area (TPSA) is 87.7 Å². The first-order valence-corrected chi connectivity index (χ1v) is 12.5. The minimum Gasteiger partial charge on any atom is -0.755 e. The Morgan fingerprint density at radius 2 is 1.69 bits per heavy atom. The Morgan fingerprint density at radius 1 is 0.971 bits per heavy atom. The Kier molecular flexibility index (Phi) is 6.63. The summed E-state index contributed by atoms with van der Waals surface area (Å²) < 4.78 is 23.5. The Hall–Kier alpha value is -3.53. The summed E-state index contributed by atoms with van der Waals surface area (Å²) in [5.74, 6) is 0.479. The van der Waals surface area contributed by atoms with Crippen LogP contribution in [0.3, 0.4) is 0 Å². The maximum absolute atomic E-state index is 11.1. The Balaban J connectivity index is 1.39. The highest BCUT2D eigenvalue weighted by Gasteiger charge is 2.15. The van der Waals surface area contributed by atoms with Gasteiger partial charge < -0.3 is 24.0 Å². The summed E-state index contributed by atoms with van der Waals surface area (Å²) in [5.41, 5.74) is 5.62. The number of fused-ring (bicyclic) bond motifs is 1. The molecule has 1 fully saturated rings. The predicted octanol–water partition coefficient (Wildman–Crippen LogP) is 4.02. The van der Waals surface area contributed by atoms with Crippen LogP contribution in [0.2, 0.25) is 0 Å². The summed E-state index contributed by atoms with van der Waals surface area (Å²) in [7, 11) is 3.66. The predicted molar refractivity (Wildman–Crippen MR) is 142 cm³/mol. The third kappa shape index (κ3) is 5.12. The van der Waals surface area contributed by atoms with Crippen molar-refractivity contribution < 1.29 is 8.76 Å². The molecule has 180 valence electrons. The number of piperazine rings is 1. The first kappa shape index (κ1) is 23.2. The second-order valence-corrected chi connectivity index (χ2v) is 9.64. The molecule has 1 N–H and O–H groups in total. The van der Waals surface area contributed by atoms with Crippen molar-refractivity contribution in [1.29, 1.82) is 0 Å². The van der Waals surface area contributed by atoms with Crippen molar-refractivity contribution in [2.24, 2.45) is 0 Å². The number of hydrogen-bond donors (Lipinski definition) is 1. The fourth-order valence-corrected chi connectivity index (χ4v) is 4.53. The smallest absolute Gasteiger partial charge is 0.227 e. The Bertz CT molecular complexity index is 1340. The van der Waals surface area contributed by atoms with Crippen LogP contribution in [0.15, 0.2) is 72.9 Å². The lowest BCUT2D eigenvalue weighted by atomic mass is 10.0. The molecule has 1 atom stereocenters. The summed E-state index contributed by atoms with van der Waals surface area (Å²) in [6, 6.07) is 21.9. The van der Waals surface area contributed by atoms with E-state index in [1.165, 1.54) is 12.7 Å². The first-order chi connectivity index (χ1) is 17.0. The fourth-order valence-electron chi connectivity index (χ4n) is 4.24. The van der Waals surface area contributed by atoms with Crippen molar-refractivity contribution >= 4 is 45.2 Å². The quantitative estimate of drug-likeness (QED) is 0.411.